The Bertz CT molecular complexity index is 598. The summed E-state index contributed by atoms with van der Waals surface area (Å²) in [6.07, 6.45) is 2.00. The third kappa shape index (κ3) is 3.24. The third-order valence-electron chi connectivity index (χ3n) is 3.03. The summed E-state index contributed by atoms with van der Waals surface area (Å²) in [6.45, 7) is 4.10. The van der Waals surface area contributed by atoms with Gasteiger partial charge in [-0.3, -0.25) is 4.79 Å². The Balaban J connectivity index is 2.36. The molecule has 1 amide bonds. The van der Waals surface area contributed by atoms with E-state index in [0.29, 0.717) is 10.7 Å². The lowest BCUT2D eigenvalue weighted by Gasteiger charge is -2.14. The Labute approximate surface area is 118 Å². The fourth-order valence-electron chi connectivity index (χ4n) is 2.14. The molecule has 4 heteroatoms. The number of aromatic nitrogens is 1. The Hall–Kier alpha value is -1.61. The molecular formula is C15H17ClN2O. The molecule has 100 valence electrons. The highest BCUT2D eigenvalue weighted by Crippen LogP contribution is 2.20. The van der Waals surface area contributed by atoms with Crippen LogP contribution < -0.4 is 5.32 Å². The number of carbonyl (C=O) groups is 1. The van der Waals surface area contributed by atoms with Crippen LogP contribution in [-0.4, -0.2) is 16.9 Å². The number of nitrogens with zero attached hydrogens (tertiary/aromatic N) is 1. The minimum absolute atomic E-state index is 0.0959. The van der Waals surface area contributed by atoms with Crippen molar-refractivity contribution >= 4 is 28.4 Å². The van der Waals surface area contributed by atoms with Crippen LogP contribution in [0.25, 0.3) is 10.9 Å². The van der Waals surface area contributed by atoms with Gasteiger partial charge in [0.15, 0.2) is 0 Å². The molecule has 0 radical (unpaired) electrons. The first kappa shape index (κ1) is 13.8. The van der Waals surface area contributed by atoms with E-state index < -0.39 is 0 Å². The molecule has 3 nitrogen and oxygen atoms in total. The van der Waals surface area contributed by atoms with Crippen LogP contribution in [0.15, 0.2) is 30.3 Å². The second kappa shape index (κ2) is 6.02. The minimum Gasteiger partial charge on any atom is -0.350 e. The topological polar surface area (TPSA) is 42.0 Å². The van der Waals surface area contributed by atoms with Crippen molar-refractivity contribution in [3.8, 4) is 0 Å². The van der Waals surface area contributed by atoms with Crippen molar-refractivity contribution in [2.75, 3.05) is 0 Å². The van der Waals surface area contributed by atoms with E-state index in [4.69, 9.17) is 11.6 Å². The average molecular weight is 277 g/mol. The largest absolute Gasteiger partial charge is 0.350 e. The van der Waals surface area contributed by atoms with E-state index in [0.717, 1.165) is 23.7 Å². The van der Waals surface area contributed by atoms with E-state index in [1.165, 1.54) is 0 Å². The second-order valence-corrected chi connectivity index (χ2v) is 5.06. The minimum atomic E-state index is -0.0959. The molecule has 0 bridgehead atoms. The lowest BCUT2D eigenvalue weighted by Crippen LogP contribution is -2.32. The van der Waals surface area contributed by atoms with Crippen molar-refractivity contribution in [3.63, 3.8) is 0 Å². The zero-order valence-corrected chi connectivity index (χ0v) is 11.9. The van der Waals surface area contributed by atoms with E-state index in [2.05, 4.69) is 17.2 Å². The summed E-state index contributed by atoms with van der Waals surface area (Å²) in [6, 6.07) is 9.30. The highest BCUT2D eigenvalue weighted by molar-refractivity contribution is 6.30. The summed E-state index contributed by atoms with van der Waals surface area (Å²) >= 11 is 5.97. The number of fused-ring (bicyclic) bond motifs is 1. The molecule has 19 heavy (non-hydrogen) atoms. The predicted octanol–water partition coefficient (Wildman–Crippen LogP) is 3.81. The highest BCUT2D eigenvalue weighted by Gasteiger charge is 2.14. The first-order valence-electron chi connectivity index (χ1n) is 6.48. The number of carbonyl (C=O) groups excluding carboxylic acids is 1. The molecule has 2 aromatic rings. The van der Waals surface area contributed by atoms with Gasteiger partial charge in [0, 0.05) is 11.4 Å². The first-order chi connectivity index (χ1) is 9.11. The van der Waals surface area contributed by atoms with Gasteiger partial charge in [-0.15, -0.1) is 0 Å². The average Bonchev–Trinajstić information content (AvgIpc) is 2.37. The Kier molecular flexibility index (Phi) is 4.38. The maximum Gasteiger partial charge on any atom is 0.252 e. The number of nitrogens with one attached hydrogen (secondary N) is 1. The van der Waals surface area contributed by atoms with Gasteiger partial charge in [0.05, 0.1) is 11.1 Å². The van der Waals surface area contributed by atoms with E-state index in [9.17, 15) is 4.79 Å². The van der Waals surface area contributed by atoms with E-state index in [1.54, 1.807) is 6.07 Å². The van der Waals surface area contributed by atoms with Crippen molar-refractivity contribution in [3.05, 3.63) is 41.0 Å². The van der Waals surface area contributed by atoms with Gasteiger partial charge in [-0.2, -0.15) is 0 Å². The van der Waals surface area contributed by atoms with Crippen molar-refractivity contribution in [1.29, 1.82) is 0 Å². The molecule has 0 aliphatic carbocycles. The van der Waals surface area contributed by atoms with Crippen molar-refractivity contribution in [1.82, 2.24) is 10.3 Å². The summed E-state index contributed by atoms with van der Waals surface area (Å²) in [5.41, 5.74) is 1.32. The summed E-state index contributed by atoms with van der Waals surface area (Å²) in [4.78, 5) is 16.5. The Morgan fingerprint density at radius 2 is 2.16 bits per heavy atom. The summed E-state index contributed by atoms with van der Waals surface area (Å²) < 4.78 is 0. The molecule has 1 unspecified atom stereocenters. The molecule has 1 aromatic carbocycles. The van der Waals surface area contributed by atoms with Gasteiger partial charge in [-0.05, 0) is 25.5 Å². The molecule has 1 aromatic heterocycles. The maximum atomic E-state index is 12.3. The Morgan fingerprint density at radius 1 is 1.42 bits per heavy atom. The fourth-order valence-corrected chi connectivity index (χ4v) is 2.34. The van der Waals surface area contributed by atoms with Crippen LogP contribution in [0.4, 0.5) is 0 Å². The Morgan fingerprint density at radius 3 is 2.89 bits per heavy atom. The van der Waals surface area contributed by atoms with Crippen LogP contribution in [0.5, 0.6) is 0 Å². The fraction of sp³-hybridized carbons (Fsp3) is 0.333. The molecule has 0 saturated carbocycles. The number of hydrogen-bond acceptors (Lipinski definition) is 2. The van der Waals surface area contributed by atoms with Crippen molar-refractivity contribution in [2.24, 2.45) is 0 Å². The van der Waals surface area contributed by atoms with E-state index in [1.807, 2.05) is 31.2 Å². The van der Waals surface area contributed by atoms with Gasteiger partial charge in [-0.1, -0.05) is 43.1 Å². The van der Waals surface area contributed by atoms with Crippen LogP contribution >= 0.6 is 11.6 Å². The SMILES string of the molecule is CCCC(C)NC(=O)c1cc(Cl)nc2ccccc12. The van der Waals surface area contributed by atoms with Crippen LogP contribution in [0.3, 0.4) is 0 Å². The van der Waals surface area contributed by atoms with Crippen molar-refractivity contribution in [2.45, 2.75) is 32.7 Å². The van der Waals surface area contributed by atoms with Crippen LogP contribution in [0.2, 0.25) is 5.15 Å². The molecular weight excluding hydrogens is 260 g/mol. The van der Waals surface area contributed by atoms with E-state index >= 15 is 0 Å². The second-order valence-electron chi connectivity index (χ2n) is 4.67. The lowest BCUT2D eigenvalue weighted by atomic mass is 10.1. The number of benzene rings is 1. The number of para-hydroxylation sites is 1. The normalized spacial score (nSPS) is 12.4. The van der Waals surface area contributed by atoms with Crippen LogP contribution in [0.1, 0.15) is 37.0 Å². The smallest absolute Gasteiger partial charge is 0.252 e. The van der Waals surface area contributed by atoms with Gasteiger partial charge in [0.2, 0.25) is 0 Å². The van der Waals surface area contributed by atoms with Gasteiger partial charge < -0.3 is 5.32 Å². The molecule has 1 atom stereocenters. The summed E-state index contributed by atoms with van der Waals surface area (Å²) in [5.74, 6) is -0.0959. The van der Waals surface area contributed by atoms with Crippen LogP contribution in [-0.2, 0) is 0 Å². The maximum absolute atomic E-state index is 12.3. The molecule has 0 fully saturated rings. The first-order valence-corrected chi connectivity index (χ1v) is 6.85. The number of pyridine rings is 1. The number of amides is 1. The summed E-state index contributed by atoms with van der Waals surface area (Å²) in [7, 11) is 0. The van der Waals surface area contributed by atoms with E-state index in [-0.39, 0.29) is 11.9 Å². The predicted molar refractivity (Wildman–Crippen MR) is 78.6 cm³/mol. The standard InChI is InChI=1S/C15H17ClN2O/c1-3-6-10(2)17-15(19)12-9-14(16)18-13-8-5-4-7-11(12)13/h4-5,7-10H,3,6H2,1-2H3,(H,17,19). The number of rotatable bonds is 4. The number of halogens is 1. The van der Waals surface area contributed by atoms with Crippen molar-refractivity contribution < 1.29 is 4.79 Å². The van der Waals surface area contributed by atoms with Gasteiger partial charge in [0.25, 0.3) is 5.91 Å². The molecule has 1 N–H and O–H groups in total. The molecule has 0 spiro atoms. The molecule has 0 aliphatic rings. The quantitative estimate of drug-likeness (QED) is 0.863. The molecule has 1 heterocycles. The van der Waals surface area contributed by atoms with Gasteiger partial charge in [-0.25, -0.2) is 4.98 Å². The van der Waals surface area contributed by atoms with Gasteiger partial charge >= 0.3 is 0 Å². The zero-order chi connectivity index (χ0) is 13.8. The van der Waals surface area contributed by atoms with Crippen LogP contribution in [0, 0.1) is 0 Å². The third-order valence-corrected chi connectivity index (χ3v) is 3.22. The zero-order valence-electron chi connectivity index (χ0n) is 11.1. The molecule has 2 rings (SSSR count). The highest BCUT2D eigenvalue weighted by atomic mass is 35.5. The monoisotopic (exact) mass is 276 g/mol. The summed E-state index contributed by atoms with van der Waals surface area (Å²) in [5, 5.41) is 4.16. The molecule has 0 saturated heterocycles. The lowest BCUT2D eigenvalue weighted by molar-refractivity contribution is 0.0940. The molecule has 0 aliphatic heterocycles. The number of hydrogen-bond donors (Lipinski definition) is 1. The van der Waals surface area contributed by atoms with Gasteiger partial charge in [0.1, 0.15) is 5.15 Å².